The van der Waals surface area contributed by atoms with Gasteiger partial charge in [-0.2, -0.15) is 0 Å². The van der Waals surface area contributed by atoms with Gasteiger partial charge in [-0.3, -0.25) is 9.59 Å². The van der Waals surface area contributed by atoms with E-state index in [0.717, 1.165) is 5.69 Å². The van der Waals surface area contributed by atoms with Crippen LogP contribution in [-0.2, 0) is 11.2 Å². The summed E-state index contributed by atoms with van der Waals surface area (Å²) in [6, 6.07) is 13.8. The van der Waals surface area contributed by atoms with Crippen LogP contribution in [0.15, 0.2) is 48.5 Å². The second kappa shape index (κ2) is 6.32. The summed E-state index contributed by atoms with van der Waals surface area (Å²) in [4.78, 5) is 25.7. The summed E-state index contributed by atoms with van der Waals surface area (Å²) in [5.41, 5.74) is 2.10. The van der Waals surface area contributed by atoms with E-state index in [1.807, 2.05) is 30.3 Å². The van der Waals surface area contributed by atoms with Crippen molar-refractivity contribution < 1.29 is 14.0 Å². The minimum atomic E-state index is -0.353. The number of carbonyl (C=O) groups is 2. The number of anilines is 1. The van der Waals surface area contributed by atoms with Crippen molar-refractivity contribution in [3.05, 3.63) is 65.5 Å². The summed E-state index contributed by atoms with van der Waals surface area (Å²) in [6.07, 6.45) is 0.949. The number of nitrogens with zero attached hydrogens (tertiary/aromatic N) is 1. The zero-order valence-electron chi connectivity index (χ0n) is 13.0. The third-order valence-corrected chi connectivity index (χ3v) is 4.23. The average molecular weight is 311 g/mol. The van der Waals surface area contributed by atoms with E-state index in [1.165, 1.54) is 25.1 Å². The van der Waals surface area contributed by atoms with Crippen molar-refractivity contribution in [1.29, 1.82) is 0 Å². The van der Waals surface area contributed by atoms with Crippen LogP contribution in [0.2, 0.25) is 0 Å². The van der Waals surface area contributed by atoms with Gasteiger partial charge in [0.1, 0.15) is 5.82 Å². The Morgan fingerprint density at radius 3 is 2.65 bits per heavy atom. The quantitative estimate of drug-likeness (QED) is 0.809. The monoisotopic (exact) mass is 311 g/mol. The summed E-state index contributed by atoms with van der Waals surface area (Å²) in [6.45, 7) is 2.07. The molecule has 1 aliphatic heterocycles. The lowest BCUT2D eigenvalue weighted by Gasteiger charge is -2.17. The number of halogens is 1. The van der Waals surface area contributed by atoms with Gasteiger partial charge in [-0.05, 0) is 55.2 Å². The lowest BCUT2D eigenvalue weighted by atomic mass is 9.93. The van der Waals surface area contributed by atoms with Crippen LogP contribution in [0.1, 0.15) is 29.3 Å². The minimum Gasteiger partial charge on any atom is -0.312 e. The lowest BCUT2D eigenvalue weighted by Crippen LogP contribution is -2.24. The highest BCUT2D eigenvalue weighted by Gasteiger charge is 2.31. The molecule has 1 fully saturated rings. The number of amides is 1. The van der Waals surface area contributed by atoms with E-state index in [-0.39, 0.29) is 23.4 Å². The number of Topliss-reactive ketones (excluding diaryl/α,β-unsaturated/α-hetero) is 1. The fourth-order valence-electron chi connectivity index (χ4n) is 3.16. The average Bonchev–Trinajstić information content (AvgIpc) is 2.88. The number of carbonyl (C=O) groups excluding carboxylic acids is 2. The molecule has 118 valence electrons. The van der Waals surface area contributed by atoms with Gasteiger partial charge < -0.3 is 4.90 Å². The van der Waals surface area contributed by atoms with E-state index in [1.54, 1.807) is 4.90 Å². The molecule has 0 spiro atoms. The van der Waals surface area contributed by atoms with Crippen LogP contribution in [0.5, 0.6) is 0 Å². The van der Waals surface area contributed by atoms with E-state index in [4.69, 9.17) is 0 Å². The second-order valence-electron chi connectivity index (χ2n) is 5.97. The van der Waals surface area contributed by atoms with Crippen molar-refractivity contribution in [2.24, 2.45) is 5.92 Å². The molecule has 0 saturated carbocycles. The van der Waals surface area contributed by atoms with Crippen molar-refractivity contribution in [2.75, 3.05) is 11.4 Å². The Hall–Kier alpha value is -2.49. The fourth-order valence-corrected chi connectivity index (χ4v) is 3.16. The summed E-state index contributed by atoms with van der Waals surface area (Å²) in [5, 5.41) is 0. The van der Waals surface area contributed by atoms with Gasteiger partial charge in [-0.15, -0.1) is 0 Å². The topological polar surface area (TPSA) is 37.4 Å². The molecule has 2 aromatic carbocycles. The highest BCUT2D eigenvalue weighted by molar-refractivity contribution is 5.96. The largest absolute Gasteiger partial charge is 0.312 e. The summed E-state index contributed by atoms with van der Waals surface area (Å²) < 4.78 is 13.5. The van der Waals surface area contributed by atoms with Crippen molar-refractivity contribution in [3.8, 4) is 0 Å². The lowest BCUT2D eigenvalue weighted by molar-refractivity contribution is -0.117. The van der Waals surface area contributed by atoms with E-state index < -0.39 is 0 Å². The van der Waals surface area contributed by atoms with Crippen LogP contribution in [-0.4, -0.2) is 18.2 Å². The molecule has 0 unspecified atom stereocenters. The minimum absolute atomic E-state index is 0.0713. The Morgan fingerprint density at radius 2 is 1.96 bits per heavy atom. The zero-order chi connectivity index (χ0) is 16.4. The second-order valence-corrected chi connectivity index (χ2v) is 5.97. The molecule has 0 N–H and O–H groups in total. The van der Waals surface area contributed by atoms with Gasteiger partial charge in [0.25, 0.3) is 0 Å². The standard InChI is InChI=1S/C19H18FNO2/c1-13(22)18-8-7-16(20)11-15(18)9-14-10-19(23)21(12-14)17-5-3-2-4-6-17/h2-8,11,14H,9-10,12H2,1H3/t14-/m0/s1. The van der Waals surface area contributed by atoms with E-state index in [0.29, 0.717) is 30.5 Å². The zero-order valence-corrected chi connectivity index (χ0v) is 13.0. The SMILES string of the molecule is CC(=O)c1ccc(F)cc1C[C@H]1CC(=O)N(c2ccccc2)C1. The third-order valence-electron chi connectivity index (χ3n) is 4.23. The number of para-hydroxylation sites is 1. The molecule has 3 nitrogen and oxygen atoms in total. The first kappa shape index (κ1) is 15.4. The van der Waals surface area contributed by atoms with E-state index in [9.17, 15) is 14.0 Å². The first-order chi connectivity index (χ1) is 11.0. The normalized spacial score (nSPS) is 17.6. The maximum absolute atomic E-state index is 13.5. The van der Waals surface area contributed by atoms with E-state index >= 15 is 0 Å². The van der Waals surface area contributed by atoms with Crippen LogP contribution >= 0.6 is 0 Å². The van der Waals surface area contributed by atoms with Crippen LogP contribution in [0.4, 0.5) is 10.1 Å². The molecule has 1 amide bonds. The van der Waals surface area contributed by atoms with Crippen LogP contribution < -0.4 is 4.90 Å². The molecule has 3 rings (SSSR count). The molecule has 2 aromatic rings. The van der Waals surface area contributed by atoms with Gasteiger partial charge in [-0.1, -0.05) is 18.2 Å². The van der Waals surface area contributed by atoms with Crippen LogP contribution in [0, 0.1) is 11.7 Å². The van der Waals surface area contributed by atoms with Crippen molar-refractivity contribution >= 4 is 17.4 Å². The molecule has 1 saturated heterocycles. The van der Waals surface area contributed by atoms with Crippen molar-refractivity contribution in [3.63, 3.8) is 0 Å². The predicted molar refractivity (Wildman–Crippen MR) is 87.0 cm³/mol. The van der Waals surface area contributed by atoms with Gasteiger partial charge in [0.15, 0.2) is 5.78 Å². The summed E-state index contributed by atoms with van der Waals surface area (Å²) in [7, 11) is 0. The molecule has 1 atom stereocenters. The summed E-state index contributed by atoms with van der Waals surface area (Å²) >= 11 is 0. The predicted octanol–water partition coefficient (Wildman–Crippen LogP) is 3.62. The van der Waals surface area contributed by atoms with Gasteiger partial charge in [0, 0.05) is 24.2 Å². The Balaban J connectivity index is 1.79. The summed E-state index contributed by atoms with van der Waals surface area (Å²) in [5.74, 6) is -0.275. The molecule has 0 bridgehead atoms. The highest BCUT2D eigenvalue weighted by atomic mass is 19.1. The number of hydrogen-bond acceptors (Lipinski definition) is 2. The van der Waals surface area contributed by atoms with Crippen molar-refractivity contribution in [1.82, 2.24) is 0 Å². The molecule has 23 heavy (non-hydrogen) atoms. The molecular formula is C19H18FNO2. The Morgan fingerprint density at radius 1 is 1.22 bits per heavy atom. The van der Waals surface area contributed by atoms with Crippen molar-refractivity contribution in [2.45, 2.75) is 19.8 Å². The molecule has 0 aromatic heterocycles. The van der Waals surface area contributed by atoms with Gasteiger partial charge in [0.05, 0.1) is 0 Å². The molecule has 0 aliphatic carbocycles. The van der Waals surface area contributed by atoms with E-state index in [2.05, 4.69) is 0 Å². The third kappa shape index (κ3) is 3.31. The maximum atomic E-state index is 13.5. The molecule has 4 heteroatoms. The maximum Gasteiger partial charge on any atom is 0.227 e. The van der Waals surface area contributed by atoms with Crippen LogP contribution in [0.25, 0.3) is 0 Å². The first-order valence-corrected chi connectivity index (χ1v) is 7.69. The van der Waals surface area contributed by atoms with Gasteiger partial charge in [0.2, 0.25) is 5.91 Å². The Kier molecular flexibility index (Phi) is 4.24. The van der Waals surface area contributed by atoms with Crippen LogP contribution in [0.3, 0.4) is 0 Å². The first-order valence-electron chi connectivity index (χ1n) is 7.69. The Labute approximate surface area is 134 Å². The molecule has 0 radical (unpaired) electrons. The molecule has 1 heterocycles. The number of rotatable bonds is 4. The number of benzene rings is 2. The number of hydrogen-bond donors (Lipinski definition) is 0. The van der Waals surface area contributed by atoms with Gasteiger partial charge >= 0.3 is 0 Å². The van der Waals surface area contributed by atoms with Gasteiger partial charge in [-0.25, -0.2) is 4.39 Å². The fraction of sp³-hybridized carbons (Fsp3) is 0.263. The molecular weight excluding hydrogens is 293 g/mol. The smallest absolute Gasteiger partial charge is 0.227 e. The number of ketones is 1. The molecule has 1 aliphatic rings. The highest BCUT2D eigenvalue weighted by Crippen LogP contribution is 2.28. The Bertz CT molecular complexity index is 742.